The van der Waals surface area contributed by atoms with Crippen molar-refractivity contribution in [3.8, 4) is 45.0 Å². The highest BCUT2D eigenvalue weighted by Gasteiger charge is 2.20. The summed E-state index contributed by atoms with van der Waals surface area (Å²) in [6, 6.07) is 59.8. The first kappa shape index (κ1) is 31.4. The number of rotatable bonds is 5. The van der Waals surface area contributed by atoms with Crippen molar-refractivity contribution in [3.63, 3.8) is 0 Å². The fourth-order valence-corrected chi connectivity index (χ4v) is 8.24. The SMILES string of the molecule is C1=C(c2nc(-c3cccc(-c4ccccc4)c3)nc(-c3ccc4cc(-c5cccc6oc7ccccc7c56)ccc4c3)n2)CCc2ccc3ccccc3c21. The van der Waals surface area contributed by atoms with Gasteiger partial charge in [0.15, 0.2) is 17.5 Å². The average Bonchev–Trinajstić information content (AvgIpc) is 3.65. The summed E-state index contributed by atoms with van der Waals surface area (Å²) in [5.41, 5.74) is 12.0. The maximum atomic E-state index is 6.20. The molecule has 0 spiro atoms. The molecular weight excluding hydrogens is 671 g/mol. The number of hydrogen-bond acceptors (Lipinski definition) is 4. The molecule has 4 nitrogen and oxygen atoms in total. The molecule has 0 bridgehead atoms. The van der Waals surface area contributed by atoms with Crippen molar-refractivity contribution in [2.24, 2.45) is 0 Å². The van der Waals surface area contributed by atoms with Gasteiger partial charge in [-0.3, -0.25) is 0 Å². The van der Waals surface area contributed by atoms with Gasteiger partial charge in [-0.15, -0.1) is 0 Å². The van der Waals surface area contributed by atoms with Gasteiger partial charge in [-0.25, -0.2) is 15.0 Å². The van der Waals surface area contributed by atoms with Gasteiger partial charge in [0.2, 0.25) is 0 Å². The molecule has 0 N–H and O–H groups in total. The lowest BCUT2D eigenvalue weighted by Gasteiger charge is -2.18. The van der Waals surface area contributed by atoms with Gasteiger partial charge in [-0.05, 0) is 110 Å². The summed E-state index contributed by atoms with van der Waals surface area (Å²) in [5, 5.41) is 7.04. The van der Waals surface area contributed by atoms with Crippen molar-refractivity contribution >= 4 is 55.1 Å². The number of aryl methyl sites for hydroxylation is 1. The zero-order valence-electron chi connectivity index (χ0n) is 29.9. The maximum Gasteiger partial charge on any atom is 0.164 e. The molecule has 1 aliphatic rings. The van der Waals surface area contributed by atoms with Crippen molar-refractivity contribution in [3.05, 3.63) is 187 Å². The van der Waals surface area contributed by atoms with Crippen molar-refractivity contribution in [2.45, 2.75) is 12.8 Å². The summed E-state index contributed by atoms with van der Waals surface area (Å²) in [5.74, 6) is 2.05. The van der Waals surface area contributed by atoms with E-state index in [4.69, 9.17) is 19.4 Å². The molecule has 8 aromatic carbocycles. The molecule has 2 heterocycles. The van der Waals surface area contributed by atoms with Crippen LogP contribution in [-0.2, 0) is 6.42 Å². The molecular formula is C51H33N3O. The van der Waals surface area contributed by atoms with E-state index in [1.54, 1.807) is 0 Å². The van der Waals surface area contributed by atoms with Crippen molar-refractivity contribution in [1.29, 1.82) is 0 Å². The number of furan rings is 1. The Morgan fingerprint density at radius 2 is 1.04 bits per heavy atom. The molecule has 0 aliphatic heterocycles. The quantitative estimate of drug-likeness (QED) is 0.179. The topological polar surface area (TPSA) is 51.8 Å². The average molecular weight is 704 g/mol. The lowest BCUT2D eigenvalue weighted by Crippen LogP contribution is -2.06. The first-order valence-corrected chi connectivity index (χ1v) is 18.8. The van der Waals surface area contributed by atoms with E-state index in [1.165, 1.54) is 21.9 Å². The third-order valence-electron chi connectivity index (χ3n) is 11.0. The zero-order chi connectivity index (χ0) is 36.3. The number of benzene rings is 8. The number of hydrogen-bond donors (Lipinski definition) is 0. The van der Waals surface area contributed by atoms with E-state index in [2.05, 4.69) is 152 Å². The Hall–Kier alpha value is -7.17. The van der Waals surface area contributed by atoms with Crippen LogP contribution in [0.25, 0.3) is 100 Å². The third-order valence-corrected chi connectivity index (χ3v) is 11.0. The van der Waals surface area contributed by atoms with Crippen LogP contribution in [0.2, 0.25) is 0 Å². The summed E-state index contributed by atoms with van der Waals surface area (Å²) in [7, 11) is 0. The van der Waals surface area contributed by atoms with Crippen LogP contribution in [0.3, 0.4) is 0 Å². The summed E-state index contributed by atoms with van der Waals surface area (Å²) < 4.78 is 6.20. The fourth-order valence-electron chi connectivity index (χ4n) is 8.24. The molecule has 0 saturated heterocycles. The Bertz CT molecular complexity index is 3160. The Kier molecular flexibility index (Phi) is 7.27. The van der Waals surface area contributed by atoms with Gasteiger partial charge in [-0.2, -0.15) is 0 Å². The van der Waals surface area contributed by atoms with E-state index in [0.717, 1.165) is 90.3 Å². The Morgan fingerprint density at radius 1 is 0.400 bits per heavy atom. The minimum absolute atomic E-state index is 0.662. The monoisotopic (exact) mass is 703 g/mol. The van der Waals surface area contributed by atoms with Gasteiger partial charge >= 0.3 is 0 Å². The smallest absolute Gasteiger partial charge is 0.164 e. The molecule has 55 heavy (non-hydrogen) atoms. The van der Waals surface area contributed by atoms with Crippen LogP contribution in [-0.4, -0.2) is 15.0 Å². The number of para-hydroxylation sites is 1. The molecule has 0 amide bonds. The Labute approximate surface area is 318 Å². The summed E-state index contributed by atoms with van der Waals surface area (Å²) >= 11 is 0. The molecule has 0 radical (unpaired) electrons. The first-order valence-electron chi connectivity index (χ1n) is 18.8. The van der Waals surface area contributed by atoms with E-state index in [9.17, 15) is 0 Å². The van der Waals surface area contributed by atoms with E-state index >= 15 is 0 Å². The highest BCUT2D eigenvalue weighted by molar-refractivity contribution is 6.13. The summed E-state index contributed by atoms with van der Waals surface area (Å²) in [6.45, 7) is 0. The van der Waals surface area contributed by atoms with Gasteiger partial charge in [0.25, 0.3) is 0 Å². The van der Waals surface area contributed by atoms with Crippen LogP contribution in [0.15, 0.2) is 174 Å². The number of nitrogens with zero attached hydrogens (tertiary/aromatic N) is 3. The van der Waals surface area contributed by atoms with E-state index in [1.807, 2.05) is 24.3 Å². The molecule has 2 aromatic heterocycles. The zero-order valence-corrected chi connectivity index (χ0v) is 29.9. The van der Waals surface area contributed by atoms with Crippen LogP contribution >= 0.6 is 0 Å². The second-order valence-corrected chi connectivity index (χ2v) is 14.3. The van der Waals surface area contributed by atoms with Gasteiger partial charge in [-0.1, -0.05) is 140 Å². The second kappa shape index (κ2) is 12.8. The molecule has 10 aromatic rings. The number of fused-ring (bicyclic) bond motifs is 7. The van der Waals surface area contributed by atoms with Gasteiger partial charge < -0.3 is 4.42 Å². The molecule has 0 unspecified atom stereocenters. The maximum absolute atomic E-state index is 6.20. The minimum atomic E-state index is 0.662. The normalized spacial score (nSPS) is 12.7. The van der Waals surface area contributed by atoms with Gasteiger partial charge in [0.1, 0.15) is 11.2 Å². The molecule has 11 rings (SSSR count). The lowest BCUT2D eigenvalue weighted by atomic mass is 9.88. The molecule has 0 atom stereocenters. The molecule has 1 aliphatic carbocycles. The van der Waals surface area contributed by atoms with Crippen LogP contribution in [0.5, 0.6) is 0 Å². The predicted octanol–water partition coefficient (Wildman–Crippen LogP) is 13.2. The predicted molar refractivity (Wildman–Crippen MR) is 226 cm³/mol. The van der Waals surface area contributed by atoms with E-state index < -0.39 is 0 Å². The Balaban J connectivity index is 1.04. The molecule has 258 valence electrons. The van der Waals surface area contributed by atoms with Crippen molar-refractivity contribution < 1.29 is 4.42 Å². The Morgan fingerprint density at radius 3 is 1.91 bits per heavy atom. The molecule has 0 saturated carbocycles. The van der Waals surface area contributed by atoms with Crippen LogP contribution in [0.1, 0.15) is 23.4 Å². The highest BCUT2D eigenvalue weighted by Crippen LogP contribution is 2.39. The lowest BCUT2D eigenvalue weighted by molar-refractivity contribution is 0.669. The second-order valence-electron chi connectivity index (χ2n) is 14.3. The van der Waals surface area contributed by atoms with Gasteiger partial charge in [0.05, 0.1) is 0 Å². The van der Waals surface area contributed by atoms with Crippen LogP contribution in [0.4, 0.5) is 0 Å². The third kappa shape index (κ3) is 5.50. The highest BCUT2D eigenvalue weighted by atomic mass is 16.3. The number of aromatic nitrogens is 3. The summed E-state index contributed by atoms with van der Waals surface area (Å²) in [4.78, 5) is 15.6. The minimum Gasteiger partial charge on any atom is -0.456 e. The van der Waals surface area contributed by atoms with Crippen LogP contribution < -0.4 is 0 Å². The molecule has 4 heteroatoms. The van der Waals surface area contributed by atoms with Crippen molar-refractivity contribution in [1.82, 2.24) is 15.0 Å². The van der Waals surface area contributed by atoms with Gasteiger partial charge in [0, 0.05) is 21.9 Å². The fraction of sp³-hybridized carbons (Fsp3) is 0.0392. The molecule has 0 fully saturated rings. The standard InChI is InChI=1S/C51H33N3O/c1-2-10-32(11-3-1)35-13-8-14-39(29-35)49-52-50(54-51(53-49)41-26-22-34-21-20-33-12-4-5-15-42(33)45(34)31-41)40-27-24-36-28-38(25-23-37(36)30-40)43-17-9-19-47-48(43)44-16-6-7-18-46(44)55-47/h1-21,23-25,27-31H,22,26H2. The van der Waals surface area contributed by atoms with E-state index in [-0.39, 0.29) is 0 Å². The van der Waals surface area contributed by atoms with E-state index in [0.29, 0.717) is 11.6 Å². The van der Waals surface area contributed by atoms with Crippen LogP contribution in [0, 0.1) is 0 Å². The summed E-state index contributed by atoms with van der Waals surface area (Å²) in [6.07, 6.45) is 4.10. The first-order chi connectivity index (χ1) is 27.2. The number of allylic oxidation sites excluding steroid dienone is 1. The largest absolute Gasteiger partial charge is 0.456 e. The van der Waals surface area contributed by atoms with Crippen molar-refractivity contribution in [2.75, 3.05) is 0 Å².